The van der Waals surface area contributed by atoms with E-state index < -0.39 is 11.5 Å². The summed E-state index contributed by atoms with van der Waals surface area (Å²) in [7, 11) is 0. The fourth-order valence-electron chi connectivity index (χ4n) is 3.86. The Bertz CT molecular complexity index is 1120. The average molecular weight is 397 g/mol. The second kappa shape index (κ2) is 8.09. The average Bonchev–Trinajstić information content (AvgIpc) is 2.96. The highest BCUT2D eigenvalue weighted by Crippen LogP contribution is 2.43. The predicted octanol–water partition coefficient (Wildman–Crippen LogP) is 4.40. The Balaban J connectivity index is 1.61. The number of rotatable bonds is 6. The van der Waals surface area contributed by atoms with Gasteiger partial charge in [-0.15, -0.1) is 0 Å². The summed E-state index contributed by atoms with van der Waals surface area (Å²) in [4.78, 5) is 27.5. The van der Waals surface area contributed by atoms with Crippen LogP contribution in [0.15, 0.2) is 84.9 Å². The molecule has 1 amide bonds. The van der Waals surface area contributed by atoms with Gasteiger partial charge in [0.25, 0.3) is 5.91 Å². The number of aliphatic hydroxyl groups is 1. The molecule has 0 aromatic heterocycles. The van der Waals surface area contributed by atoms with E-state index in [1.165, 1.54) is 6.08 Å². The molecule has 3 aromatic carbocycles. The van der Waals surface area contributed by atoms with Crippen molar-refractivity contribution in [3.8, 4) is 0 Å². The lowest BCUT2D eigenvalue weighted by molar-refractivity contribution is -0.140. The summed E-state index contributed by atoms with van der Waals surface area (Å²) >= 11 is 0. The van der Waals surface area contributed by atoms with Crippen LogP contribution in [0.25, 0.3) is 6.08 Å². The van der Waals surface area contributed by atoms with Gasteiger partial charge in [-0.05, 0) is 35.8 Å². The maximum absolute atomic E-state index is 13.3. The number of anilines is 1. The molecular weight excluding hydrogens is 374 g/mol. The molecule has 30 heavy (non-hydrogen) atoms. The Morgan fingerprint density at radius 2 is 1.63 bits per heavy atom. The number of benzene rings is 3. The van der Waals surface area contributed by atoms with Crippen molar-refractivity contribution in [3.05, 3.63) is 107 Å². The maximum Gasteiger partial charge on any atom is 0.264 e. The van der Waals surface area contributed by atoms with Crippen LogP contribution >= 0.6 is 0 Å². The molecule has 1 N–H and O–H groups in total. The summed E-state index contributed by atoms with van der Waals surface area (Å²) in [5.41, 5.74) is 2.22. The number of hydrogen-bond acceptors (Lipinski definition) is 3. The first-order chi connectivity index (χ1) is 14.5. The highest BCUT2D eigenvalue weighted by atomic mass is 16.3. The van der Waals surface area contributed by atoms with Crippen molar-refractivity contribution in [1.29, 1.82) is 0 Å². The zero-order valence-electron chi connectivity index (χ0n) is 16.8. The number of nitrogens with zero attached hydrogens (tertiary/aromatic N) is 1. The fourth-order valence-corrected chi connectivity index (χ4v) is 3.86. The lowest BCUT2D eigenvalue weighted by Crippen LogP contribution is -2.41. The molecule has 150 valence electrons. The van der Waals surface area contributed by atoms with Gasteiger partial charge in [-0.1, -0.05) is 78.9 Å². The van der Waals surface area contributed by atoms with Gasteiger partial charge < -0.3 is 10.0 Å². The molecule has 4 heteroatoms. The summed E-state index contributed by atoms with van der Waals surface area (Å²) in [6, 6.07) is 24.4. The molecule has 0 bridgehead atoms. The molecule has 1 aliphatic heterocycles. The summed E-state index contributed by atoms with van der Waals surface area (Å²) < 4.78 is 0. The topological polar surface area (TPSA) is 57.6 Å². The van der Waals surface area contributed by atoms with Crippen molar-refractivity contribution in [3.63, 3.8) is 0 Å². The smallest absolute Gasteiger partial charge is 0.264 e. The van der Waals surface area contributed by atoms with Crippen molar-refractivity contribution >= 4 is 23.5 Å². The Morgan fingerprint density at radius 1 is 0.967 bits per heavy atom. The molecule has 0 saturated carbocycles. The van der Waals surface area contributed by atoms with Crippen molar-refractivity contribution in [2.45, 2.75) is 25.5 Å². The number of aryl methyl sites for hydroxylation is 1. The van der Waals surface area contributed by atoms with E-state index in [-0.39, 0.29) is 12.2 Å². The Hall–Kier alpha value is -3.50. The fraction of sp³-hybridized carbons (Fsp3) is 0.154. The minimum absolute atomic E-state index is 0.295. The molecule has 4 nitrogen and oxygen atoms in total. The number of amides is 1. The van der Waals surface area contributed by atoms with Crippen LogP contribution < -0.4 is 4.90 Å². The monoisotopic (exact) mass is 397 g/mol. The van der Waals surface area contributed by atoms with Gasteiger partial charge in [0.1, 0.15) is 0 Å². The first-order valence-corrected chi connectivity index (χ1v) is 9.93. The van der Waals surface area contributed by atoms with Crippen LogP contribution in [-0.4, -0.2) is 16.8 Å². The molecule has 0 saturated heterocycles. The molecule has 1 aliphatic rings. The summed E-state index contributed by atoms with van der Waals surface area (Å²) in [6.07, 6.45) is 2.83. The molecule has 1 atom stereocenters. The Kier molecular flexibility index (Phi) is 5.34. The van der Waals surface area contributed by atoms with Gasteiger partial charge >= 0.3 is 0 Å². The molecule has 0 unspecified atom stereocenters. The normalized spacial score (nSPS) is 18.1. The van der Waals surface area contributed by atoms with E-state index >= 15 is 0 Å². The maximum atomic E-state index is 13.3. The van der Waals surface area contributed by atoms with Gasteiger partial charge in [0, 0.05) is 5.56 Å². The third kappa shape index (κ3) is 3.70. The first-order valence-electron chi connectivity index (χ1n) is 9.93. The van der Waals surface area contributed by atoms with E-state index in [0.29, 0.717) is 17.8 Å². The van der Waals surface area contributed by atoms with Crippen LogP contribution in [0.1, 0.15) is 28.7 Å². The van der Waals surface area contributed by atoms with Gasteiger partial charge in [0.05, 0.1) is 18.7 Å². The third-order valence-corrected chi connectivity index (χ3v) is 5.52. The largest absolute Gasteiger partial charge is 0.375 e. The molecule has 0 radical (unpaired) electrons. The van der Waals surface area contributed by atoms with Crippen LogP contribution in [-0.2, 0) is 21.7 Å². The molecular formula is C26H23NO3. The van der Waals surface area contributed by atoms with Crippen molar-refractivity contribution in [2.24, 2.45) is 0 Å². The SMILES string of the molecule is Cc1ccccc1CN1C(=O)[C@@](O)(CC(=O)/C=C/c2ccccc2)c2ccccc21. The van der Waals surface area contributed by atoms with E-state index in [9.17, 15) is 14.7 Å². The number of hydrogen-bond donors (Lipinski definition) is 1. The van der Waals surface area contributed by atoms with Gasteiger partial charge in [-0.2, -0.15) is 0 Å². The van der Waals surface area contributed by atoms with Crippen LogP contribution in [0.2, 0.25) is 0 Å². The zero-order chi connectivity index (χ0) is 21.1. The highest BCUT2D eigenvalue weighted by Gasteiger charge is 2.50. The van der Waals surface area contributed by atoms with Gasteiger partial charge in [0.15, 0.2) is 11.4 Å². The zero-order valence-corrected chi connectivity index (χ0v) is 16.8. The van der Waals surface area contributed by atoms with E-state index in [4.69, 9.17) is 0 Å². The molecule has 1 heterocycles. The first kappa shape index (κ1) is 19.8. The third-order valence-electron chi connectivity index (χ3n) is 5.52. The molecule has 0 spiro atoms. The summed E-state index contributed by atoms with van der Waals surface area (Å²) in [6.45, 7) is 2.34. The number of ketones is 1. The lowest BCUT2D eigenvalue weighted by Gasteiger charge is -2.23. The molecule has 0 aliphatic carbocycles. The number of fused-ring (bicyclic) bond motifs is 1. The summed E-state index contributed by atoms with van der Waals surface area (Å²) in [5.74, 6) is -0.768. The lowest BCUT2D eigenvalue weighted by atomic mass is 9.89. The van der Waals surface area contributed by atoms with Crippen molar-refractivity contribution < 1.29 is 14.7 Å². The van der Waals surface area contributed by atoms with E-state index in [0.717, 1.165) is 16.7 Å². The van der Waals surface area contributed by atoms with Gasteiger partial charge in [-0.3, -0.25) is 9.59 Å². The Morgan fingerprint density at radius 3 is 2.40 bits per heavy atom. The van der Waals surface area contributed by atoms with Crippen LogP contribution in [0.5, 0.6) is 0 Å². The van der Waals surface area contributed by atoms with Crippen molar-refractivity contribution in [1.82, 2.24) is 0 Å². The number of para-hydroxylation sites is 1. The minimum Gasteiger partial charge on any atom is -0.375 e. The van der Waals surface area contributed by atoms with Gasteiger partial charge in [-0.25, -0.2) is 0 Å². The minimum atomic E-state index is -1.86. The van der Waals surface area contributed by atoms with Crippen LogP contribution in [0, 0.1) is 6.92 Å². The quantitative estimate of drug-likeness (QED) is 0.627. The number of allylic oxidation sites excluding steroid dienone is 1. The van der Waals surface area contributed by atoms with E-state index in [1.54, 1.807) is 23.1 Å². The van der Waals surface area contributed by atoms with Crippen LogP contribution in [0.3, 0.4) is 0 Å². The van der Waals surface area contributed by atoms with Crippen molar-refractivity contribution in [2.75, 3.05) is 4.90 Å². The highest BCUT2D eigenvalue weighted by molar-refractivity contribution is 6.10. The van der Waals surface area contributed by atoms with E-state index in [1.807, 2.05) is 73.7 Å². The number of carbonyl (C=O) groups excluding carboxylic acids is 2. The second-order valence-corrected chi connectivity index (χ2v) is 7.58. The van der Waals surface area contributed by atoms with Gasteiger partial charge in [0.2, 0.25) is 0 Å². The second-order valence-electron chi connectivity index (χ2n) is 7.58. The molecule has 0 fully saturated rings. The predicted molar refractivity (Wildman–Crippen MR) is 118 cm³/mol. The molecule has 3 aromatic rings. The standard InChI is InChI=1S/C26H23NO3/c1-19-9-5-6-12-21(19)18-27-24-14-8-7-13-23(24)26(30,25(27)29)17-22(28)16-15-20-10-3-2-4-11-20/h2-16,30H,17-18H2,1H3/b16-15+/t26-/m1/s1. The summed E-state index contributed by atoms with van der Waals surface area (Å²) in [5, 5.41) is 11.4. The number of carbonyl (C=O) groups is 2. The van der Waals surface area contributed by atoms with E-state index in [2.05, 4.69) is 0 Å². The molecule has 4 rings (SSSR count). The van der Waals surface area contributed by atoms with Crippen LogP contribution in [0.4, 0.5) is 5.69 Å². The Labute approximate surface area is 176 Å².